The molecular formula is C14H25N3O2. The Bertz CT molecular complexity index is 422. The molecule has 0 amide bonds. The van der Waals surface area contributed by atoms with Crippen molar-refractivity contribution in [3.63, 3.8) is 0 Å². The van der Waals surface area contributed by atoms with E-state index in [1.54, 1.807) is 20.4 Å². The van der Waals surface area contributed by atoms with Crippen molar-refractivity contribution >= 4 is 0 Å². The molecule has 1 saturated carbocycles. The summed E-state index contributed by atoms with van der Waals surface area (Å²) in [6, 6.07) is 0.0418. The van der Waals surface area contributed by atoms with E-state index >= 15 is 0 Å². The highest BCUT2D eigenvalue weighted by atomic mass is 16.5. The number of nitrogens with two attached hydrogens (primary N) is 1. The summed E-state index contributed by atoms with van der Waals surface area (Å²) >= 11 is 0. The van der Waals surface area contributed by atoms with Gasteiger partial charge in [0, 0.05) is 13.2 Å². The van der Waals surface area contributed by atoms with E-state index in [1.807, 2.05) is 4.68 Å². The number of aromatic nitrogens is 2. The van der Waals surface area contributed by atoms with Gasteiger partial charge in [-0.1, -0.05) is 12.8 Å². The maximum atomic E-state index is 6.54. The third-order valence-corrected chi connectivity index (χ3v) is 4.23. The fraction of sp³-hybridized carbons (Fsp3) is 0.786. The van der Waals surface area contributed by atoms with Crippen LogP contribution in [0.15, 0.2) is 6.20 Å². The monoisotopic (exact) mass is 267 g/mol. The van der Waals surface area contributed by atoms with Crippen LogP contribution in [-0.2, 0) is 4.74 Å². The Kier molecular flexibility index (Phi) is 4.16. The van der Waals surface area contributed by atoms with Gasteiger partial charge in [-0.3, -0.25) is 4.68 Å². The molecule has 5 heteroatoms. The summed E-state index contributed by atoms with van der Waals surface area (Å²) in [7, 11) is 3.42. The van der Waals surface area contributed by atoms with Crippen LogP contribution in [0, 0.1) is 0 Å². The molecule has 0 aromatic carbocycles. The number of nitrogens with zero attached hydrogens (tertiary/aromatic N) is 2. The third kappa shape index (κ3) is 2.37. The van der Waals surface area contributed by atoms with E-state index in [0.717, 1.165) is 24.3 Å². The maximum Gasteiger partial charge on any atom is 0.161 e. The first-order valence-corrected chi connectivity index (χ1v) is 6.98. The zero-order valence-electron chi connectivity index (χ0n) is 12.3. The number of rotatable bonds is 5. The van der Waals surface area contributed by atoms with E-state index in [4.69, 9.17) is 15.2 Å². The molecule has 0 aliphatic heterocycles. The Morgan fingerprint density at radius 3 is 2.42 bits per heavy atom. The van der Waals surface area contributed by atoms with E-state index in [1.165, 1.54) is 12.8 Å². The SMILES string of the molecule is COc1cnn(C(C)C)c1C(N)C1(OC)CCCC1. The van der Waals surface area contributed by atoms with Gasteiger partial charge in [0.2, 0.25) is 0 Å². The van der Waals surface area contributed by atoms with Crippen molar-refractivity contribution in [3.8, 4) is 5.75 Å². The predicted molar refractivity (Wildman–Crippen MR) is 74.3 cm³/mol. The minimum absolute atomic E-state index is 0.208. The average molecular weight is 267 g/mol. The van der Waals surface area contributed by atoms with Crippen LogP contribution in [0.25, 0.3) is 0 Å². The molecule has 1 aromatic rings. The lowest BCUT2D eigenvalue weighted by molar-refractivity contribution is -0.0291. The quantitative estimate of drug-likeness (QED) is 0.890. The molecule has 1 atom stereocenters. The van der Waals surface area contributed by atoms with Crippen molar-refractivity contribution < 1.29 is 9.47 Å². The van der Waals surface area contributed by atoms with E-state index in [9.17, 15) is 0 Å². The predicted octanol–water partition coefficient (Wildman–Crippen LogP) is 2.43. The van der Waals surface area contributed by atoms with E-state index < -0.39 is 0 Å². The second-order valence-electron chi connectivity index (χ2n) is 5.59. The molecule has 5 nitrogen and oxygen atoms in total. The molecule has 0 spiro atoms. The summed E-state index contributed by atoms with van der Waals surface area (Å²) in [5, 5.41) is 4.40. The van der Waals surface area contributed by atoms with Crippen LogP contribution in [0.5, 0.6) is 5.75 Å². The lowest BCUT2D eigenvalue weighted by Gasteiger charge is -2.34. The fourth-order valence-corrected chi connectivity index (χ4v) is 3.09. The molecule has 1 aromatic heterocycles. The van der Waals surface area contributed by atoms with E-state index in [2.05, 4.69) is 18.9 Å². The first kappa shape index (κ1) is 14.3. The molecule has 19 heavy (non-hydrogen) atoms. The molecule has 0 bridgehead atoms. The van der Waals surface area contributed by atoms with E-state index in [0.29, 0.717) is 0 Å². The van der Waals surface area contributed by atoms with Gasteiger partial charge in [0.15, 0.2) is 5.75 Å². The standard InChI is InChI=1S/C14H25N3O2/c1-10(2)17-12(11(18-3)9-16-17)13(15)14(19-4)7-5-6-8-14/h9-10,13H,5-8,15H2,1-4H3. The van der Waals surface area contributed by atoms with Gasteiger partial charge >= 0.3 is 0 Å². The Morgan fingerprint density at radius 2 is 1.95 bits per heavy atom. The first-order valence-electron chi connectivity index (χ1n) is 6.98. The third-order valence-electron chi connectivity index (χ3n) is 4.23. The minimum Gasteiger partial charge on any atom is -0.493 e. The van der Waals surface area contributed by atoms with Crippen molar-refractivity contribution in [2.75, 3.05) is 14.2 Å². The van der Waals surface area contributed by atoms with Crippen molar-refractivity contribution in [1.29, 1.82) is 0 Å². The summed E-state index contributed by atoms with van der Waals surface area (Å²) < 4.78 is 13.2. The van der Waals surface area contributed by atoms with Crippen molar-refractivity contribution in [3.05, 3.63) is 11.9 Å². The van der Waals surface area contributed by atoms with Gasteiger partial charge in [0.1, 0.15) is 5.69 Å². The normalized spacial score (nSPS) is 19.9. The maximum absolute atomic E-state index is 6.54. The minimum atomic E-state index is -0.278. The van der Waals surface area contributed by atoms with Gasteiger partial charge in [-0.2, -0.15) is 5.10 Å². The highest BCUT2D eigenvalue weighted by Crippen LogP contribution is 2.43. The Morgan fingerprint density at radius 1 is 1.32 bits per heavy atom. The summed E-state index contributed by atoms with van der Waals surface area (Å²) in [6.45, 7) is 4.19. The fourth-order valence-electron chi connectivity index (χ4n) is 3.09. The largest absolute Gasteiger partial charge is 0.493 e. The zero-order valence-corrected chi connectivity index (χ0v) is 12.3. The van der Waals surface area contributed by atoms with Gasteiger partial charge < -0.3 is 15.2 Å². The number of ether oxygens (including phenoxy) is 2. The Labute approximate surface area is 115 Å². The molecule has 0 saturated heterocycles. The molecule has 2 rings (SSSR count). The first-order chi connectivity index (χ1) is 9.05. The molecule has 1 heterocycles. The molecule has 0 radical (unpaired) electrons. The van der Waals surface area contributed by atoms with Crippen LogP contribution in [0.2, 0.25) is 0 Å². The Hall–Kier alpha value is -1.07. The van der Waals surface area contributed by atoms with Gasteiger partial charge in [-0.25, -0.2) is 0 Å². The average Bonchev–Trinajstić information content (AvgIpc) is 3.04. The van der Waals surface area contributed by atoms with Crippen LogP contribution < -0.4 is 10.5 Å². The van der Waals surface area contributed by atoms with Gasteiger partial charge in [0.05, 0.1) is 24.9 Å². The molecule has 108 valence electrons. The molecular weight excluding hydrogens is 242 g/mol. The summed E-state index contributed by atoms with van der Waals surface area (Å²) in [5.74, 6) is 0.754. The highest BCUT2D eigenvalue weighted by molar-refractivity contribution is 5.31. The van der Waals surface area contributed by atoms with Crippen molar-refractivity contribution in [2.45, 2.75) is 57.2 Å². The van der Waals surface area contributed by atoms with Crippen LogP contribution in [0.3, 0.4) is 0 Å². The lowest BCUT2D eigenvalue weighted by atomic mass is 9.89. The van der Waals surface area contributed by atoms with E-state index in [-0.39, 0.29) is 17.7 Å². The van der Waals surface area contributed by atoms with Gasteiger partial charge in [-0.05, 0) is 26.7 Å². The molecule has 1 aliphatic carbocycles. The Balaban J connectivity index is 2.41. The molecule has 1 aliphatic rings. The highest BCUT2D eigenvalue weighted by Gasteiger charge is 2.43. The second kappa shape index (κ2) is 5.51. The van der Waals surface area contributed by atoms with Crippen molar-refractivity contribution in [1.82, 2.24) is 9.78 Å². The smallest absolute Gasteiger partial charge is 0.161 e. The summed E-state index contributed by atoms with van der Waals surface area (Å²) in [5.41, 5.74) is 7.21. The number of methoxy groups -OCH3 is 2. The zero-order chi connectivity index (χ0) is 14.0. The molecule has 1 unspecified atom stereocenters. The summed E-state index contributed by atoms with van der Waals surface area (Å²) in [6.07, 6.45) is 6.07. The number of hydrogen-bond acceptors (Lipinski definition) is 4. The molecule has 1 fully saturated rings. The van der Waals surface area contributed by atoms with Crippen molar-refractivity contribution in [2.24, 2.45) is 5.73 Å². The molecule has 2 N–H and O–H groups in total. The van der Waals surface area contributed by atoms with Crippen LogP contribution in [0.4, 0.5) is 0 Å². The van der Waals surface area contributed by atoms with Gasteiger partial charge in [0.25, 0.3) is 0 Å². The van der Waals surface area contributed by atoms with Crippen LogP contribution in [0.1, 0.15) is 57.3 Å². The number of hydrogen-bond donors (Lipinski definition) is 1. The summed E-state index contributed by atoms with van der Waals surface area (Å²) in [4.78, 5) is 0. The topological polar surface area (TPSA) is 62.3 Å². The van der Waals surface area contributed by atoms with Crippen LogP contribution in [-0.4, -0.2) is 29.6 Å². The van der Waals surface area contributed by atoms with Gasteiger partial charge in [-0.15, -0.1) is 0 Å². The second-order valence-corrected chi connectivity index (χ2v) is 5.59. The lowest BCUT2D eigenvalue weighted by Crippen LogP contribution is -2.42. The van der Waals surface area contributed by atoms with Crippen LogP contribution >= 0.6 is 0 Å².